The van der Waals surface area contributed by atoms with Gasteiger partial charge in [0.25, 0.3) is 5.56 Å². The third-order valence-corrected chi connectivity index (χ3v) is 5.49. The van der Waals surface area contributed by atoms with Gasteiger partial charge in [0.2, 0.25) is 5.91 Å². The van der Waals surface area contributed by atoms with E-state index >= 15 is 0 Å². The number of halogens is 3. The third kappa shape index (κ3) is 5.57. The molecule has 1 aromatic heterocycles. The number of thioether (sulfide) groups is 1. The largest absolute Gasteiger partial charge is 0.435 e. The van der Waals surface area contributed by atoms with Crippen molar-refractivity contribution in [2.75, 3.05) is 11.1 Å². The van der Waals surface area contributed by atoms with Crippen molar-refractivity contribution >= 4 is 50.2 Å². The average Bonchev–Trinajstić information content (AvgIpc) is 2.70. The molecule has 0 aliphatic carbocycles. The van der Waals surface area contributed by atoms with Gasteiger partial charge in [0.05, 0.1) is 16.7 Å². The number of aromatic nitrogens is 2. The Labute approximate surface area is 183 Å². The lowest BCUT2D eigenvalue weighted by Crippen LogP contribution is -2.24. The minimum Gasteiger partial charge on any atom is -0.435 e. The normalized spacial score (nSPS) is 11.1. The Balaban J connectivity index is 1.73. The minimum absolute atomic E-state index is 0.00737. The van der Waals surface area contributed by atoms with Crippen LogP contribution in [0, 0.1) is 0 Å². The van der Waals surface area contributed by atoms with Gasteiger partial charge < -0.3 is 10.1 Å². The van der Waals surface area contributed by atoms with Crippen molar-refractivity contribution in [2.45, 2.75) is 31.7 Å². The third-order valence-electron chi connectivity index (χ3n) is 4.02. The zero-order chi connectivity index (χ0) is 21.7. The molecule has 0 aliphatic rings. The van der Waals surface area contributed by atoms with E-state index in [1.807, 2.05) is 13.0 Å². The Morgan fingerprint density at radius 3 is 2.67 bits per heavy atom. The number of alkyl halides is 2. The second-order valence-electron chi connectivity index (χ2n) is 6.25. The Hall–Kier alpha value is -2.46. The number of ether oxygens (including phenoxy) is 1. The molecule has 3 rings (SSSR count). The summed E-state index contributed by atoms with van der Waals surface area (Å²) in [5.41, 5.74) is 0.859. The summed E-state index contributed by atoms with van der Waals surface area (Å²) in [5.74, 6) is -0.267. The summed E-state index contributed by atoms with van der Waals surface area (Å²) in [7, 11) is 0. The van der Waals surface area contributed by atoms with Crippen LogP contribution in [0.4, 0.5) is 14.5 Å². The number of anilines is 1. The monoisotopic (exact) mass is 497 g/mol. The van der Waals surface area contributed by atoms with E-state index in [9.17, 15) is 18.4 Å². The fourth-order valence-corrected chi connectivity index (χ4v) is 3.94. The van der Waals surface area contributed by atoms with Crippen molar-refractivity contribution in [1.82, 2.24) is 9.55 Å². The Morgan fingerprint density at radius 1 is 1.27 bits per heavy atom. The van der Waals surface area contributed by atoms with Crippen LogP contribution < -0.4 is 15.6 Å². The van der Waals surface area contributed by atoms with Gasteiger partial charge >= 0.3 is 6.61 Å². The molecular weight excluding hydrogens is 480 g/mol. The van der Waals surface area contributed by atoms with Crippen molar-refractivity contribution in [3.63, 3.8) is 0 Å². The van der Waals surface area contributed by atoms with E-state index < -0.39 is 6.61 Å². The molecule has 30 heavy (non-hydrogen) atoms. The molecule has 6 nitrogen and oxygen atoms in total. The molecule has 1 heterocycles. The van der Waals surface area contributed by atoms with Crippen LogP contribution in [0.1, 0.15) is 13.3 Å². The fraction of sp³-hybridized carbons (Fsp3) is 0.250. The summed E-state index contributed by atoms with van der Waals surface area (Å²) < 4.78 is 31.0. The van der Waals surface area contributed by atoms with Gasteiger partial charge in [-0.3, -0.25) is 14.2 Å². The zero-order valence-electron chi connectivity index (χ0n) is 15.9. The van der Waals surface area contributed by atoms with E-state index in [0.29, 0.717) is 28.3 Å². The van der Waals surface area contributed by atoms with Crippen molar-refractivity contribution in [1.29, 1.82) is 0 Å². The standard InChI is InChI=1S/C20H18BrF2N3O3S/c1-2-9-26-18(28)15-10-12(21)3-8-16(15)25-20(26)30-11-17(27)24-13-4-6-14(7-5-13)29-19(22)23/h3-8,10,19H,2,9,11H2,1H3,(H,24,27). The molecule has 0 spiro atoms. The molecule has 0 radical (unpaired) electrons. The van der Waals surface area contributed by atoms with Crippen LogP contribution in [-0.2, 0) is 11.3 Å². The van der Waals surface area contributed by atoms with Crippen molar-refractivity contribution in [3.8, 4) is 5.75 Å². The lowest BCUT2D eigenvalue weighted by molar-refractivity contribution is -0.113. The van der Waals surface area contributed by atoms with Gasteiger partial charge in [-0.15, -0.1) is 0 Å². The second-order valence-corrected chi connectivity index (χ2v) is 8.11. The number of carbonyl (C=O) groups is 1. The number of benzene rings is 2. The molecule has 2 aromatic carbocycles. The molecule has 0 saturated heterocycles. The summed E-state index contributed by atoms with van der Waals surface area (Å²) in [6.45, 7) is -0.456. The molecule has 0 atom stereocenters. The first kappa shape index (κ1) is 22.2. The Kier molecular flexibility index (Phi) is 7.43. The average molecular weight is 498 g/mol. The Bertz CT molecular complexity index is 1110. The SMILES string of the molecule is CCCn1c(SCC(=O)Nc2ccc(OC(F)F)cc2)nc2ccc(Br)cc2c1=O. The quantitative estimate of drug-likeness (QED) is 0.353. The maximum Gasteiger partial charge on any atom is 0.387 e. The van der Waals surface area contributed by atoms with Crippen LogP contribution in [0.3, 0.4) is 0 Å². The number of hydrogen-bond acceptors (Lipinski definition) is 5. The minimum atomic E-state index is -2.90. The van der Waals surface area contributed by atoms with Crippen molar-refractivity contribution in [3.05, 3.63) is 57.3 Å². The summed E-state index contributed by atoms with van der Waals surface area (Å²) in [4.78, 5) is 29.7. The van der Waals surface area contributed by atoms with Crippen molar-refractivity contribution < 1.29 is 18.3 Å². The second kappa shape index (κ2) is 10.0. The molecular formula is C20H18BrF2N3O3S. The first-order chi connectivity index (χ1) is 14.4. The highest BCUT2D eigenvalue weighted by Gasteiger charge is 2.14. The van der Waals surface area contributed by atoms with Gasteiger partial charge in [-0.1, -0.05) is 34.6 Å². The van der Waals surface area contributed by atoms with Gasteiger partial charge in [0.15, 0.2) is 5.16 Å². The van der Waals surface area contributed by atoms with Gasteiger partial charge in [0.1, 0.15) is 5.75 Å². The molecule has 0 fully saturated rings. The molecule has 0 aliphatic heterocycles. The molecule has 0 saturated carbocycles. The van der Waals surface area contributed by atoms with E-state index in [0.717, 1.165) is 22.7 Å². The van der Waals surface area contributed by atoms with Crippen LogP contribution in [0.25, 0.3) is 10.9 Å². The van der Waals surface area contributed by atoms with Crippen molar-refractivity contribution in [2.24, 2.45) is 0 Å². The predicted octanol–water partition coefficient (Wildman–Crippen LogP) is 4.90. The van der Waals surface area contributed by atoms with E-state index in [-0.39, 0.29) is 23.0 Å². The molecule has 3 aromatic rings. The van der Waals surface area contributed by atoms with Crippen LogP contribution >= 0.6 is 27.7 Å². The summed E-state index contributed by atoms with van der Waals surface area (Å²) >= 11 is 4.53. The number of fused-ring (bicyclic) bond motifs is 1. The lowest BCUT2D eigenvalue weighted by Gasteiger charge is -2.12. The lowest BCUT2D eigenvalue weighted by atomic mass is 10.2. The number of nitrogens with zero attached hydrogens (tertiary/aromatic N) is 2. The first-order valence-electron chi connectivity index (χ1n) is 9.05. The molecule has 10 heteroatoms. The van der Waals surface area contributed by atoms with Crippen LogP contribution in [0.5, 0.6) is 5.75 Å². The maximum atomic E-state index is 12.9. The van der Waals surface area contributed by atoms with Gasteiger partial charge in [-0.2, -0.15) is 8.78 Å². The summed E-state index contributed by atoms with van der Waals surface area (Å²) in [6.07, 6.45) is 0.744. The Morgan fingerprint density at radius 2 is 2.00 bits per heavy atom. The van der Waals surface area contributed by atoms with Gasteiger partial charge in [-0.25, -0.2) is 4.98 Å². The molecule has 0 bridgehead atoms. The fourth-order valence-electron chi connectivity index (χ4n) is 2.75. The number of rotatable bonds is 8. The topological polar surface area (TPSA) is 73.2 Å². The maximum absolute atomic E-state index is 12.9. The molecule has 1 amide bonds. The first-order valence-corrected chi connectivity index (χ1v) is 10.8. The van der Waals surface area contributed by atoms with E-state index in [1.165, 1.54) is 24.3 Å². The van der Waals surface area contributed by atoms with Gasteiger partial charge in [0, 0.05) is 16.7 Å². The van der Waals surface area contributed by atoms with E-state index in [2.05, 4.69) is 31.0 Å². The highest BCUT2D eigenvalue weighted by Crippen LogP contribution is 2.22. The molecule has 0 unspecified atom stereocenters. The highest BCUT2D eigenvalue weighted by atomic mass is 79.9. The van der Waals surface area contributed by atoms with Gasteiger partial charge in [-0.05, 0) is 48.9 Å². The van der Waals surface area contributed by atoms with Crippen LogP contribution in [0.15, 0.2) is 56.9 Å². The van der Waals surface area contributed by atoms with E-state index in [1.54, 1.807) is 16.7 Å². The number of amides is 1. The van der Waals surface area contributed by atoms with Crippen LogP contribution in [-0.4, -0.2) is 27.8 Å². The smallest absolute Gasteiger partial charge is 0.387 e. The number of nitrogens with one attached hydrogen (secondary N) is 1. The molecule has 158 valence electrons. The van der Waals surface area contributed by atoms with Crippen LogP contribution in [0.2, 0.25) is 0 Å². The summed E-state index contributed by atoms with van der Waals surface area (Å²) in [6, 6.07) is 10.9. The zero-order valence-corrected chi connectivity index (χ0v) is 18.3. The number of carbonyl (C=O) groups excluding carboxylic acids is 1. The predicted molar refractivity (Wildman–Crippen MR) is 116 cm³/mol. The van der Waals surface area contributed by atoms with E-state index in [4.69, 9.17) is 0 Å². The number of hydrogen-bond donors (Lipinski definition) is 1. The molecule has 1 N–H and O–H groups in total. The highest BCUT2D eigenvalue weighted by molar-refractivity contribution is 9.10. The summed E-state index contributed by atoms with van der Waals surface area (Å²) in [5, 5.41) is 3.66.